The molecule has 0 aromatic heterocycles. The van der Waals surface area contributed by atoms with Crippen molar-refractivity contribution in [1.82, 2.24) is 9.80 Å². The van der Waals surface area contributed by atoms with Gasteiger partial charge in [0.2, 0.25) is 3.79 Å². The van der Waals surface area contributed by atoms with Crippen molar-refractivity contribution in [2.75, 3.05) is 13.2 Å². The minimum Gasteiger partial charge on any atom is -0.484 e. The molecule has 2 heterocycles. The van der Waals surface area contributed by atoms with Crippen molar-refractivity contribution >= 4 is 76.1 Å². The highest BCUT2D eigenvalue weighted by atomic mass is 35.6. The van der Waals surface area contributed by atoms with Crippen molar-refractivity contribution in [3.8, 4) is 5.75 Å². The average Bonchev–Trinajstić information content (AvgIpc) is 3.19. The Morgan fingerprint density at radius 1 is 1.07 bits per heavy atom. The summed E-state index contributed by atoms with van der Waals surface area (Å²) in [6, 6.07) is 11.5. The van der Waals surface area contributed by atoms with E-state index in [9.17, 15) is 29.3 Å². The van der Waals surface area contributed by atoms with E-state index >= 15 is 0 Å². The number of non-ortho nitro benzene ring substituents is 1. The summed E-state index contributed by atoms with van der Waals surface area (Å²) in [5, 5.41) is 10.1. The van der Waals surface area contributed by atoms with Crippen molar-refractivity contribution in [3.63, 3.8) is 0 Å². The number of benzene rings is 2. The lowest BCUT2D eigenvalue weighted by atomic mass is 9.95. The first-order chi connectivity index (χ1) is 19.7. The zero-order valence-corrected chi connectivity index (χ0v) is 25.2. The number of nitro benzene ring substituents is 1. The summed E-state index contributed by atoms with van der Waals surface area (Å²) in [6.45, 7) is 1.98. The maximum atomic E-state index is 13.5. The van der Waals surface area contributed by atoms with E-state index < -0.39 is 68.0 Å². The lowest BCUT2D eigenvalue weighted by Crippen LogP contribution is -2.72. The number of carbonyl (C=O) groups is 4. The quantitative estimate of drug-likeness (QED) is 0.124. The van der Waals surface area contributed by atoms with Crippen LogP contribution in [0.4, 0.5) is 10.5 Å². The molecule has 3 amide bonds. The number of para-hydroxylation sites is 1. The first kappa shape index (κ1) is 31.7. The van der Waals surface area contributed by atoms with Crippen LogP contribution in [0.2, 0.25) is 0 Å². The molecule has 2 aromatic rings. The third-order valence-corrected chi connectivity index (χ3v) is 8.26. The van der Waals surface area contributed by atoms with E-state index in [0.29, 0.717) is 16.2 Å². The van der Waals surface area contributed by atoms with Gasteiger partial charge in [-0.3, -0.25) is 19.7 Å². The molecular formula is C26H24Cl3N3O9S. The van der Waals surface area contributed by atoms with Gasteiger partial charge in [-0.1, -0.05) is 53.0 Å². The monoisotopic (exact) mass is 659 g/mol. The molecule has 0 spiro atoms. The van der Waals surface area contributed by atoms with Gasteiger partial charge < -0.3 is 19.1 Å². The van der Waals surface area contributed by atoms with Crippen molar-refractivity contribution in [2.24, 2.45) is 0 Å². The van der Waals surface area contributed by atoms with Crippen LogP contribution in [0.1, 0.15) is 19.4 Å². The Morgan fingerprint density at radius 3 is 2.31 bits per heavy atom. The highest BCUT2D eigenvalue weighted by Crippen LogP contribution is 2.52. The van der Waals surface area contributed by atoms with Crippen LogP contribution in [-0.2, 0) is 30.5 Å². The average molecular weight is 661 g/mol. The smallest absolute Gasteiger partial charge is 0.417 e. The summed E-state index contributed by atoms with van der Waals surface area (Å²) in [4.78, 5) is 65.2. The Bertz CT molecular complexity index is 1370. The third kappa shape index (κ3) is 7.02. The number of imide groups is 1. The molecule has 4 rings (SSSR count). The van der Waals surface area contributed by atoms with Gasteiger partial charge in [0.05, 0.1) is 4.92 Å². The summed E-state index contributed by atoms with van der Waals surface area (Å²) in [6.07, 6.45) is -1.22. The molecule has 2 aliphatic rings. The number of nitro groups is 1. The predicted octanol–water partition coefficient (Wildman–Crippen LogP) is 4.48. The van der Waals surface area contributed by atoms with Gasteiger partial charge >= 0.3 is 12.1 Å². The van der Waals surface area contributed by atoms with Gasteiger partial charge in [0, 0.05) is 16.9 Å². The number of thioether (sulfide) groups is 1. The predicted molar refractivity (Wildman–Crippen MR) is 153 cm³/mol. The van der Waals surface area contributed by atoms with E-state index in [1.54, 1.807) is 44.2 Å². The maximum absolute atomic E-state index is 13.5. The second kappa shape index (κ2) is 12.5. The molecule has 0 N–H and O–H groups in total. The van der Waals surface area contributed by atoms with Crippen LogP contribution in [0.5, 0.6) is 5.75 Å². The second-order valence-corrected chi connectivity index (χ2v) is 14.1. The first-order valence-electron chi connectivity index (χ1n) is 12.3. The highest BCUT2D eigenvalue weighted by molar-refractivity contribution is 8.01. The first-order valence-corrected chi connectivity index (χ1v) is 14.3. The molecule has 2 unspecified atom stereocenters. The normalized spacial score (nSPS) is 20.6. The maximum Gasteiger partial charge on any atom is 0.417 e. The summed E-state index contributed by atoms with van der Waals surface area (Å²) < 4.78 is 13.1. The molecule has 16 heteroatoms. The molecule has 2 aromatic carbocycles. The number of β-lactam (4-membered cyclic amide) rings is 1. The molecule has 2 saturated heterocycles. The lowest BCUT2D eigenvalue weighted by Gasteiger charge is -2.47. The number of hydrogen-bond donors (Lipinski definition) is 0. The lowest BCUT2D eigenvalue weighted by molar-refractivity contribution is -0.384. The van der Waals surface area contributed by atoms with Crippen LogP contribution in [0.3, 0.4) is 0 Å². The molecule has 3 atom stereocenters. The van der Waals surface area contributed by atoms with Gasteiger partial charge in [-0.15, -0.1) is 11.8 Å². The van der Waals surface area contributed by atoms with Gasteiger partial charge in [-0.05, 0) is 43.7 Å². The van der Waals surface area contributed by atoms with Gasteiger partial charge in [0.25, 0.3) is 17.5 Å². The Morgan fingerprint density at radius 2 is 1.71 bits per heavy atom. The fraction of sp³-hybridized carbons (Fsp3) is 0.385. The molecule has 2 aliphatic heterocycles. The molecule has 42 heavy (non-hydrogen) atoms. The van der Waals surface area contributed by atoms with Gasteiger partial charge in [-0.25, -0.2) is 14.5 Å². The third-order valence-electron chi connectivity index (χ3n) is 6.37. The minimum absolute atomic E-state index is 0.112. The van der Waals surface area contributed by atoms with Crippen LogP contribution in [-0.4, -0.2) is 77.8 Å². The van der Waals surface area contributed by atoms with E-state index in [0.717, 1.165) is 0 Å². The van der Waals surface area contributed by atoms with Crippen molar-refractivity contribution < 1.29 is 38.3 Å². The molecule has 224 valence electrons. The number of hydrogen-bond acceptors (Lipinski definition) is 10. The van der Waals surface area contributed by atoms with E-state index in [-0.39, 0.29) is 12.3 Å². The standard InChI is InChI=1S/C26H24Cl3N3O9S/c1-25(2)20(23(35)40-12-15-8-10-16(11-9-15)32(37)38)31-21(34)19(22(31)42-25)30(24(36)41-14-26(27,28)29)18(33)13-39-17-6-4-3-5-7-17/h3-11,19-20,22H,12-14H2,1-2H3/t19?,20?,22-/m0/s1. The second-order valence-electron chi connectivity index (χ2n) is 9.77. The van der Waals surface area contributed by atoms with Gasteiger partial charge in [-0.2, -0.15) is 0 Å². The number of carbonyl (C=O) groups excluding carboxylic acids is 4. The summed E-state index contributed by atoms with van der Waals surface area (Å²) in [7, 11) is 0. The van der Waals surface area contributed by atoms with Gasteiger partial charge in [0.1, 0.15) is 30.4 Å². The van der Waals surface area contributed by atoms with Crippen LogP contribution in [0, 0.1) is 10.1 Å². The minimum atomic E-state index is -1.97. The Kier molecular flexibility index (Phi) is 9.46. The van der Waals surface area contributed by atoms with Crippen LogP contribution >= 0.6 is 46.6 Å². The summed E-state index contributed by atoms with van der Waals surface area (Å²) >= 11 is 18.3. The van der Waals surface area contributed by atoms with Crippen LogP contribution < -0.4 is 4.74 Å². The Balaban J connectivity index is 1.49. The van der Waals surface area contributed by atoms with E-state index in [4.69, 9.17) is 49.0 Å². The van der Waals surface area contributed by atoms with Gasteiger partial charge in [0.15, 0.2) is 12.6 Å². The highest BCUT2D eigenvalue weighted by Gasteiger charge is 2.67. The largest absolute Gasteiger partial charge is 0.484 e. The zero-order chi connectivity index (χ0) is 30.8. The molecule has 2 fully saturated rings. The Labute approximate surface area is 259 Å². The van der Waals surface area contributed by atoms with E-state index in [1.807, 2.05) is 0 Å². The van der Waals surface area contributed by atoms with Crippen molar-refractivity contribution in [1.29, 1.82) is 0 Å². The molecule has 0 bridgehead atoms. The van der Waals surface area contributed by atoms with Crippen LogP contribution in [0.15, 0.2) is 54.6 Å². The Hall–Kier alpha value is -3.26. The van der Waals surface area contributed by atoms with Crippen molar-refractivity contribution in [2.45, 2.75) is 46.5 Å². The van der Waals surface area contributed by atoms with E-state index in [1.165, 1.54) is 40.9 Å². The zero-order valence-electron chi connectivity index (χ0n) is 22.1. The number of amides is 3. The topological polar surface area (TPSA) is 146 Å². The molecule has 0 radical (unpaired) electrons. The molecule has 12 nitrogen and oxygen atoms in total. The molecule has 0 aliphatic carbocycles. The van der Waals surface area contributed by atoms with Crippen LogP contribution in [0.25, 0.3) is 0 Å². The fourth-order valence-corrected chi connectivity index (χ4v) is 6.30. The van der Waals surface area contributed by atoms with E-state index in [2.05, 4.69) is 0 Å². The molecular weight excluding hydrogens is 637 g/mol. The number of rotatable bonds is 9. The molecule has 0 saturated carbocycles. The van der Waals surface area contributed by atoms with Crippen molar-refractivity contribution in [3.05, 3.63) is 70.3 Å². The summed E-state index contributed by atoms with van der Waals surface area (Å²) in [5.74, 6) is -1.93. The fourth-order valence-electron chi connectivity index (χ4n) is 4.47. The number of alkyl halides is 3. The number of nitrogens with zero attached hydrogens (tertiary/aromatic N) is 3. The summed E-state index contributed by atoms with van der Waals surface area (Å²) in [5.41, 5.74) is 0.396. The SMILES string of the molecule is CC1(C)S[C@H]2C(N(C(=O)COc3ccccc3)C(=O)OCC(Cl)(Cl)Cl)C(=O)N2C1C(=O)OCc1ccc([N+](=O)[O-])cc1. The number of esters is 1. The number of halogens is 3. The number of ether oxygens (including phenoxy) is 3. The number of fused-ring (bicyclic) bond motifs is 1.